The number of carbonyl (C=O) groups excluding carboxylic acids is 1. The number of halogens is 1. The van der Waals surface area contributed by atoms with Gasteiger partial charge in [0, 0.05) is 36.4 Å². The highest BCUT2D eigenvalue weighted by Gasteiger charge is 2.04. The second-order valence-corrected chi connectivity index (χ2v) is 6.34. The van der Waals surface area contributed by atoms with Crippen molar-refractivity contribution < 1.29 is 4.79 Å². The maximum absolute atomic E-state index is 12.0. The molecule has 0 aliphatic heterocycles. The Balaban J connectivity index is 1.74. The summed E-state index contributed by atoms with van der Waals surface area (Å²) in [5, 5.41) is 2.96. The number of nitrogens with zero attached hydrogens (tertiary/aromatic N) is 1. The number of aryl methyl sites for hydroxylation is 1. The first kappa shape index (κ1) is 16.6. The molecule has 0 radical (unpaired) electrons. The Bertz CT molecular complexity index is 606. The van der Waals surface area contributed by atoms with Gasteiger partial charge in [0.1, 0.15) is 0 Å². The van der Waals surface area contributed by atoms with Crippen LogP contribution in [0.15, 0.2) is 53.0 Å². The lowest BCUT2D eigenvalue weighted by Gasteiger charge is -2.12. The lowest BCUT2D eigenvalue weighted by molar-refractivity contribution is 0.0953. The van der Waals surface area contributed by atoms with Crippen LogP contribution in [0.2, 0.25) is 0 Å². The van der Waals surface area contributed by atoms with E-state index in [2.05, 4.69) is 50.4 Å². The molecule has 2 aromatic rings. The zero-order valence-electron chi connectivity index (χ0n) is 13.0. The molecule has 0 fully saturated rings. The van der Waals surface area contributed by atoms with Gasteiger partial charge < -0.3 is 10.2 Å². The number of hydrogen-bond acceptors (Lipinski definition) is 2. The molecule has 0 bridgehead atoms. The monoisotopic (exact) mass is 360 g/mol. The zero-order chi connectivity index (χ0) is 15.9. The molecule has 0 spiro atoms. The van der Waals surface area contributed by atoms with Crippen molar-refractivity contribution in [1.82, 2.24) is 5.32 Å². The van der Waals surface area contributed by atoms with E-state index >= 15 is 0 Å². The van der Waals surface area contributed by atoms with E-state index < -0.39 is 0 Å². The Labute approximate surface area is 140 Å². The summed E-state index contributed by atoms with van der Waals surface area (Å²) < 4.78 is 0.977. The highest BCUT2D eigenvalue weighted by atomic mass is 79.9. The third kappa shape index (κ3) is 4.88. The molecule has 2 rings (SSSR count). The molecule has 0 unspecified atom stereocenters. The van der Waals surface area contributed by atoms with Crippen LogP contribution in [0.1, 0.15) is 22.3 Å². The smallest absolute Gasteiger partial charge is 0.251 e. The van der Waals surface area contributed by atoms with Gasteiger partial charge in [-0.1, -0.05) is 28.1 Å². The first-order chi connectivity index (χ1) is 10.6. The first-order valence-corrected chi connectivity index (χ1v) is 8.15. The van der Waals surface area contributed by atoms with Gasteiger partial charge in [-0.3, -0.25) is 4.79 Å². The second-order valence-electron chi connectivity index (χ2n) is 5.43. The van der Waals surface area contributed by atoms with Crippen LogP contribution in [0.25, 0.3) is 0 Å². The maximum atomic E-state index is 12.0. The molecule has 116 valence electrons. The van der Waals surface area contributed by atoms with Crippen molar-refractivity contribution in [2.75, 3.05) is 25.5 Å². The van der Waals surface area contributed by atoms with Crippen LogP contribution >= 0.6 is 15.9 Å². The Morgan fingerprint density at radius 3 is 2.27 bits per heavy atom. The lowest BCUT2D eigenvalue weighted by Crippen LogP contribution is -2.24. The van der Waals surface area contributed by atoms with Gasteiger partial charge >= 0.3 is 0 Å². The Hall–Kier alpha value is -1.81. The average molecular weight is 361 g/mol. The van der Waals surface area contributed by atoms with Gasteiger partial charge in [0.05, 0.1) is 0 Å². The van der Waals surface area contributed by atoms with Gasteiger partial charge in [0.15, 0.2) is 0 Å². The summed E-state index contributed by atoms with van der Waals surface area (Å²) >= 11 is 3.36. The normalized spacial score (nSPS) is 10.3. The number of amides is 1. The molecule has 0 atom stereocenters. The predicted molar refractivity (Wildman–Crippen MR) is 95.6 cm³/mol. The molecule has 0 heterocycles. The molecule has 0 aromatic heterocycles. The van der Waals surface area contributed by atoms with E-state index in [4.69, 9.17) is 0 Å². The van der Waals surface area contributed by atoms with Gasteiger partial charge in [0.2, 0.25) is 0 Å². The van der Waals surface area contributed by atoms with E-state index in [1.54, 1.807) is 0 Å². The van der Waals surface area contributed by atoms with Crippen molar-refractivity contribution in [3.8, 4) is 0 Å². The molecule has 0 aliphatic carbocycles. The fraction of sp³-hybridized carbons (Fsp3) is 0.278. The van der Waals surface area contributed by atoms with Crippen LogP contribution < -0.4 is 10.2 Å². The molecule has 0 saturated heterocycles. The number of rotatable bonds is 6. The predicted octanol–water partition coefficient (Wildman–Crippen LogP) is 3.88. The fourth-order valence-corrected chi connectivity index (χ4v) is 2.42. The third-order valence-corrected chi connectivity index (χ3v) is 4.02. The van der Waals surface area contributed by atoms with E-state index in [0.717, 1.165) is 17.3 Å². The van der Waals surface area contributed by atoms with Crippen LogP contribution in [0, 0.1) is 0 Å². The SMILES string of the molecule is CN(C)c1ccc(CCCNC(=O)c2ccc(Br)cc2)cc1. The summed E-state index contributed by atoms with van der Waals surface area (Å²) in [6, 6.07) is 15.9. The first-order valence-electron chi connectivity index (χ1n) is 7.36. The Morgan fingerprint density at radius 2 is 1.68 bits per heavy atom. The topological polar surface area (TPSA) is 32.3 Å². The average Bonchev–Trinajstić information content (AvgIpc) is 2.52. The van der Waals surface area contributed by atoms with Gasteiger partial charge in [-0.2, -0.15) is 0 Å². The molecule has 0 aliphatic rings. The van der Waals surface area contributed by atoms with Gasteiger partial charge in [-0.15, -0.1) is 0 Å². The van der Waals surface area contributed by atoms with Crippen LogP contribution in [-0.2, 0) is 6.42 Å². The number of carbonyl (C=O) groups is 1. The summed E-state index contributed by atoms with van der Waals surface area (Å²) in [5.74, 6) is -0.0181. The van der Waals surface area contributed by atoms with Crippen molar-refractivity contribution in [1.29, 1.82) is 0 Å². The number of benzene rings is 2. The van der Waals surface area contributed by atoms with E-state index in [0.29, 0.717) is 12.1 Å². The highest BCUT2D eigenvalue weighted by molar-refractivity contribution is 9.10. The standard InChI is InChI=1S/C18H21BrN2O/c1-21(2)17-11-5-14(6-12-17)4-3-13-20-18(22)15-7-9-16(19)10-8-15/h5-12H,3-4,13H2,1-2H3,(H,20,22). The van der Waals surface area contributed by atoms with Crippen LogP contribution in [0.5, 0.6) is 0 Å². The molecule has 0 saturated carbocycles. The number of anilines is 1. The molecule has 2 aromatic carbocycles. The second kappa shape index (κ2) is 7.99. The van der Waals surface area contributed by atoms with Crippen molar-refractivity contribution >= 4 is 27.5 Å². The van der Waals surface area contributed by atoms with Crippen molar-refractivity contribution in [2.45, 2.75) is 12.8 Å². The summed E-state index contributed by atoms with van der Waals surface area (Å²) in [6.07, 6.45) is 1.90. The molecule has 22 heavy (non-hydrogen) atoms. The number of nitrogens with one attached hydrogen (secondary N) is 1. The maximum Gasteiger partial charge on any atom is 0.251 e. The molecule has 4 heteroatoms. The van der Waals surface area contributed by atoms with E-state index in [9.17, 15) is 4.79 Å². The molecular formula is C18H21BrN2O. The number of hydrogen-bond donors (Lipinski definition) is 1. The minimum absolute atomic E-state index is 0.0181. The lowest BCUT2D eigenvalue weighted by atomic mass is 10.1. The summed E-state index contributed by atoms with van der Waals surface area (Å²) in [7, 11) is 4.07. The summed E-state index contributed by atoms with van der Waals surface area (Å²) in [6.45, 7) is 0.685. The molecule has 3 nitrogen and oxygen atoms in total. The molecule has 1 N–H and O–H groups in total. The van der Waals surface area contributed by atoms with E-state index in [1.807, 2.05) is 38.4 Å². The minimum atomic E-state index is -0.0181. The molecule has 1 amide bonds. The van der Waals surface area contributed by atoms with E-state index in [-0.39, 0.29) is 5.91 Å². The molecular weight excluding hydrogens is 340 g/mol. The van der Waals surface area contributed by atoms with Crippen molar-refractivity contribution in [3.63, 3.8) is 0 Å². The van der Waals surface area contributed by atoms with Crippen molar-refractivity contribution in [2.24, 2.45) is 0 Å². The van der Waals surface area contributed by atoms with Gasteiger partial charge in [-0.25, -0.2) is 0 Å². The van der Waals surface area contributed by atoms with E-state index in [1.165, 1.54) is 11.3 Å². The summed E-state index contributed by atoms with van der Waals surface area (Å²) in [4.78, 5) is 14.0. The fourth-order valence-electron chi connectivity index (χ4n) is 2.16. The third-order valence-electron chi connectivity index (χ3n) is 3.49. The van der Waals surface area contributed by atoms with Crippen LogP contribution in [0.4, 0.5) is 5.69 Å². The quantitative estimate of drug-likeness (QED) is 0.792. The minimum Gasteiger partial charge on any atom is -0.378 e. The largest absolute Gasteiger partial charge is 0.378 e. The van der Waals surface area contributed by atoms with Crippen LogP contribution in [-0.4, -0.2) is 26.5 Å². The summed E-state index contributed by atoms with van der Waals surface area (Å²) in [5.41, 5.74) is 3.19. The van der Waals surface area contributed by atoms with Crippen LogP contribution in [0.3, 0.4) is 0 Å². The van der Waals surface area contributed by atoms with Crippen molar-refractivity contribution in [3.05, 3.63) is 64.1 Å². The Morgan fingerprint density at radius 1 is 1.05 bits per heavy atom. The highest BCUT2D eigenvalue weighted by Crippen LogP contribution is 2.13. The van der Waals surface area contributed by atoms with Gasteiger partial charge in [0.25, 0.3) is 5.91 Å². The Kier molecular flexibility index (Phi) is 6.01. The van der Waals surface area contributed by atoms with Gasteiger partial charge in [-0.05, 0) is 54.8 Å². The zero-order valence-corrected chi connectivity index (χ0v) is 14.6.